The summed E-state index contributed by atoms with van der Waals surface area (Å²) < 4.78 is 5.57. The first-order valence-electron chi connectivity index (χ1n) is 8.10. The zero-order valence-corrected chi connectivity index (χ0v) is 13.4. The summed E-state index contributed by atoms with van der Waals surface area (Å²) in [6.45, 7) is 7.78. The summed E-state index contributed by atoms with van der Waals surface area (Å²) in [5.74, 6) is 1.84. The molecule has 3 nitrogen and oxygen atoms in total. The van der Waals surface area contributed by atoms with Gasteiger partial charge in [-0.2, -0.15) is 0 Å². The minimum absolute atomic E-state index is 0.747. The van der Waals surface area contributed by atoms with Gasteiger partial charge in [0.15, 0.2) is 0 Å². The zero-order chi connectivity index (χ0) is 14.5. The van der Waals surface area contributed by atoms with Gasteiger partial charge in [0.2, 0.25) is 0 Å². The summed E-state index contributed by atoms with van der Waals surface area (Å²) >= 11 is 5.85. The highest BCUT2D eigenvalue weighted by Crippen LogP contribution is 2.26. The van der Waals surface area contributed by atoms with Crippen molar-refractivity contribution in [2.24, 2.45) is 0 Å². The lowest BCUT2D eigenvalue weighted by Gasteiger charge is -2.21. The van der Waals surface area contributed by atoms with Crippen LogP contribution in [0.15, 0.2) is 18.2 Å². The second-order valence-corrected chi connectivity index (χ2v) is 6.39. The quantitative estimate of drug-likeness (QED) is 0.777. The predicted octanol–water partition coefficient (Wildman–Crippen LogP) is 2.41. The molecule has 0 aromatic heterocycles. The van der Waals surface area contributed by atoms with Crippen LogP contribution in [0.2, 0.25) is 0 Å². The number of fused-ring (bicyclic) bond motifs is 1. The average molecular weight is 309 g/mol. The molecule has 0 bridgehead atoms. The molecular formula is C17H25ClN2O. The summed E-state index contributed by atoms with van der Waals surface area (Å²) in [7, 11) is 0. The van der Waals surface area contributed by atoms with Gasteiger partial charge in [0.05, 0.1) is 6.61 Å². The Morgan fingerprint density at radius 1 is 1.05 bits per heavy atom. The molecule has 1 saturated heterocycles. The molecule has 0 saturated carbocycles. The van der Waals surface area contributed by atoms with Gasteiger partial charge in [-0.25, -0.2) is 0 Å². The summed E-state index contributed by atoms with van der Waals surface area (Å²) in [6, 6.07) is 6.70. The molecule has 4 heteroatoms. The molecule has 1 aromatic carbocycles. The molecule has 0 aliphatic carbocycles. The molecule has 0 spiro atoms. The second kappa shape index (κ2) is 7.48. The highest BCUT2D eigenvalue weighted by molar-refractivity contribution is 6.18. The fourth-order valence-corrected chi connectivity index (χ4v) is 3.51. The van der Waals surface area contributed by atoms with Gasteiger partial charge in [0, 0.05) is 38.5 Å². The van der Waals surface area contributed by atoms with Crippen molar-refractivity contribution in [3.05, 3.63) is 29.3 Å². The van der Waals surface area contributed by atoms with E-state index in [-0.39, 0.29) is 0 Å². The van der Waals surface area contributed by atoms with Crippen molar-refractivity contribution >= 4 is 11.6 Å². The molecule has 0 amide bonds. The van der Waals surface area contributed by atoms with Crippen molar-refractivity contribution in [2.45, 2.75) is 19.3 Å². The number of hydrogen-bond acceptors (Lipinski definition) is 3. The van der Waals surface area contributed by atoms with Crippen LogP contribution in [0.5, 0.6) is 5.75 Å². The van der Waals surface area contributed by atoms with E-state index in [1.807, 2.05) is 0 Å². The lowest BCUT2D eigenvalue weighted by molar-refractivity contribution is 0.266. The van der Waals surface area contributed by atoms with E-state index in [9.17, 15) is 0 Å². The van der Waals surface area contributed by atoms with Crippen LogP contribution >= 0.6 is 11.6 Å². The number of hydrogen-bond donors (Lipinski definition) is 0. The molecular weight excluding hydrogens is 284 g/mol. The molecule has 116 valence electrons. The van der Waals surface area contributed by atoms with Crippen molar-refractivity contribution in [3.8, 4) is 5.75 Å². The van der Waals surface area contributed by atoms with E-state index < -0.39 is 0 Å². The standard InChI is InChI=1S/C17H25ClN2O/c18-6-10-20-8-1-7-19(11-12-20)9-4-15-2-3-17-16(14-15)5-13-21-17/h2-3,14H,1,4-13H2. The Hall–Kier alpha value is -0.770. The number of rotatable bonds is 5. The summed E-state index contributed by atoms with van der Waals surface area (Å²) in [6.07, 6.45) is 3.47. The fourth-order valence-electron chi connectivity index (χ4n) is 3.27. The largest absolute Gasteiger partial charge is 0.493 e. The Morgan fingerprint density at radius 2 is 1.86 bits per heavy atom. The zero-order valence-electron chi connectivity index (χ0n) is 12.7. The maximum absolute atomic E-state index is 5.85. The second-order valence-electron chi connectivity index (χ2n) is 6.02. The third-order valence-electron chi connectivity index (χ3n) is 4.55. The Morgan fingerprint density at radius 3 is 2.67 bits per heavy atom. The van der Waals surface area contributed by atoms with Gasteiger partial charge in [-0.3, -0.25) is 0 Å². The predicted molar refractivity (Wildman–Crippen MR) is 87.6 cm³/mol. The van der Waals surface area contributed by atoms with E-state index in [1.54, 1.807) is 0 Å². The molecule has 2 aliphatic rings. The van der Waals surface area contributed by atoms with E-state index >= 15 is 0 Å². The molecule has 21 heavy (non-hydrogen) atoms. The highest BCUT2D eigenvalue weighted by Gasteiger charge is 2.15. The van der Waals surface area contributed by atoms with Crippen molar-refractivity contribution in [3.63, 3.8) is 0 Å². The van der Waals surface area contributed by atoms with Crippen LogP contribution in [0, 0.1) is 0 Å². The average Bonchev–Trinajstić information content (AvgIpc) is 2.85. The van der Waals surface area contributed by atoms with Crippen molar-refractivity contribution in [1.29, 1.82) is 0 Å². The fraction of sp³-hybridized carbons (Fsp3) is 0.647. The van der Waals surface area contributed by atoms with Crippen molar-refractivity contribution < 1.29 is 4.74 Å². The number of alkyl halides is 1. The highest BCUT2D eigenvalue weighted by atomic mass is 35.5. The molecule has 2 aliphatic heterocycles. The van der Waals surface area contributed by atoms with Crippen LogP contribution in [0.4, 0.5) is 0 Å². The van der Waals surface area contributed by atoms with Gasteiger partial charge in [-0.15, -0.1) is 11.6 Å². The summed E-state index contributed by atoms with van der Waals surface area (Å²) in [5.41, 5.74) is 2.83. The van der Waals surface area contributed by atoms with Gasteiger partial charge in [-0.1, -0.05) is 12.1 Å². The molecule has 0 atom stereocenters. The van der Waals surface area contributed by atoms with E-state index in [0.29, 0.717) is 0 Å². The number of halogens is 1. The van der Waals surface area contributed by atoms with Crippen LogP contribution < -0.4 is 4.74 Å². The Labute approximate surface area is 132 Å². The molecule has 1 fully saturated rings. The minimum Gasteiger partial charge on any atom is -0.493 e. The molecule has 3 rings (SSSR count). The van der Waals surface area contributed by atoms with Gasteiger partial charge in [0.25, 0.3) is 0 Å². The van der Waals surface area contributed by atoms with Crippen LogP contribution in [-0.4, -0.2) is 61.6 Å². The lowest BCUT2D eigenvalue weighted by Crippen LogP contribution is -2.32. The van der Waals surface area contributed by atoms with Crippen LogP contribution in [-0.2, 0) is 12.8 Å². The monoisotopic (exact) mass is 308 g/mol. The van der Waals surface area contributed by atoms with Gasteiger partial charge in [0.1, 0.15) is 5.75 Å². The summed E-state index contributed by atoms with van der Waals surface area (Å²) in [4.78, 5) is 5.08. The maximum atomic E-state index is 5.85. The van der Waals surface area contributed by atoms with Gasteiger partial charge in [-0.05, 0) is 43.1 Å². The SMILES string of the molecule is ClCCN1CCCN(CCc2ccc3c(c2)CCO3)CC1. The Balaban J connectivity index is 1.48. The van der Waals surface area contributed by atoms with E-state index in [1.165, 1.54) is 37.2 Å². The minimum atomic E-state index is 0.747. The lowest BCUT2D eigenvalue weighted by atomic mass is 10.1. The Kier molecular flexibility index (Phi) is 5.39. The van der Waals surface area contributed by atoms with Crippen molar-refractivity contribution in [2.75, 3.05) is 51.8 Å². The van der Waals surface area contributed by atoms with Crippen LogP contribution in [0.3, 0.4) is 0 Å². The van der Waals surface area contributed by atoms with Crippen LogP contribution in [0.25, 0.3) is 0 Å². The first-order chi connectivity index (χ1) is 10.3. The van der Waals surface area contributed by atoms with Gasteiger partial charge >= 0.3 is 0 Å². The number of ether oxygens (including phenoxy) is 1. The summed E-state index contributed by atoms with van der Waals surface area (Å²) in [5, 5.41) is 0. The van der Waals surface area contributed by atoms with E-state index in [2.05, 4.69) is 28.0 Å². The molecule has 0 radical (unpaired) electrons. The van der Waals surface area contributed by atoms with E-state index in [0.717, 1.165) is 50.7 Å². The number of benzene rings is 1. The van der Waals surface area contributed by atoms with E-state index in [4.69, 9.17) is 16.3 Å². The third kappa shape index (κ3) is 4.12. The topological polar surface area (TPSA) is 15.7 Å². The normalized spacial score (nSPS) is 20.0. The van der Waals surface area contributed by atoms with Gasteiger partial charge < -0.3 is 14.5 Å². The number of nitrogens with zero attached hydrogens (tertiary/aromatic N) is 2. The smallest absolute Gasteiger partial charge is 0.122 e. The van der Waals surface area contributed by atoms with Crippen LogP contribution in [0.1, 0.15) is 17.5 Å². The molecule has 0 unspecified atom stereocenters. The first kappa shape index (κ1) is 15.1. The molecule has 2 heterocycles. The molecule has 0 N–H and O–H groups in total. The van der Waals surface area contributed by atoms with Crippen molar-refractivity contribution in [1.82, 2.24) is 9.80 Å². The maximum Gasteiger partial charge on any atom is 0.122 e. The third-order valence-corrected chi connectivity index (χ3v) is 4.72. The molecule has 1 aromatic rings. The Bertz CT molecular complexity index is 466. The first-order valence-corrected chi connectivity index (χ1v) is 8.64.